The zero-order valence-electron chi connectivity index (χ0n) is 10.4. The monoisotopic (exact) mass is 235 g/mol. The molecule has 2 aliphatic rings. The second kappa shape index (κ2) is 4.38. The smallest absolute Gasteiger partial charge is 0.140 e. The maximum Gasteiger partial charge on any atom is 0.140 e. The molecule has 2 fully saturated rings. The quantitative estimate of drug-likeness (QED) is 0.824. The first-order chi connectivity index (χ1) is 8.28. The zero-order chi connectivity index (χ0) is 11.8. The Morgan fingerprint density at radius 2 is 2.24 bits per heavy atom. The molecule has 1 aromatic heterocycles. The molecule has 1 aliphatic heterocycles. The number of hydrogen-bond acceptors (Lipinski definition) is 4. The highest BCUT2D eigenvalue weighted by Gasteiger charge is 2.40. The average molecular weight is 235 g/mol. The highest BCUT2D eigenvalue weighted by atomic mass is 15.3. The van der Waals surface area contributed by atoms with Gasteiger partial charge in [0.1, 0.15) is 12.2 Å². The fourth-order valence-corrected chi connectivity index (χ4v) is 2.97. The topological polar surface area (TPSA) is 60.0 Å². The molecular weight excluding hydrogens is 214 g/mol. The molecule has 1 aromatic rings. The van der Waals surface area contributed by atoms with Crippen molar-refractivity contribution in [2.45, 2.75) is 38.9 Å². The van der Waals surface area contributed by atoms with Crippen LogP contribution in [0.4, 0.5) is 0 Å². The minimum atomic E-state index is 0.362. The molecule has 0 radical (unpaired) electrons. The van der Waals surface area contributed by atoms with Gasteiger partial charge in [-0.1, -0.05) is 0 Å². The van der Waals surface area contributed by atoms with Gasteiger partial charge in [-0.3, -0.25) is 4.90 Å². The van der Waals surface area contributed by atoms with Crippen LogP contribution in [0, 0.1) is 11.8 Å². The van der Waals surface area contributed by atoms with Crippen molar-refractivity contribution in [1.82, 2.24) is 19.7 Å². The summed E-state index contributed by atoms with van der Waals surface area (Å²) < 4.78 is 1.97. The molecular formula is C12H21N5. The van der Waals surface area contributed by atoms with E-state index in [1.807, 2.05) is 4.68 Å². The highest BCUT2D eigenvalue weighted by Crippen LogP contribution is 2.40. The third-order valence-electron chi connectivity index (χ3n) is 4.08. The lowest BCUT2D eigenvalue weighted by Crippen LogP contribution is -2.30. The third kappa shape index (κ3) is 2.21. The van der Waals surface area contributed by atoms with E-state index < -0.39 is 0 Å². The Morgan fingerprint density at radius 3 is 2.94 bits per heavy atom. The number of aromatic nitrogens is 3. The van der Waals surface area contributed by atoms with Gasteiger partial charge >= 0.3 is 0 Å². The lowest BCUT2D eigenvalue weighted by Gasteiger charge is -2.15. The van der Waals surface area contributed by atoms with E-state index in [4.69, 9.17) is 5.73 Å². The molecule has 2 atom stereocenters. The summed E-state index contributed by atoms with van der Waals surface area (Å²) in [4.78, 5) is 6.76. The summed E-state index contributed by atoms with van der Waals surface area (Å²) >= 11 is 0. The first-order valence-electron chi connectivity index (χ1n) is 6.62. The van der Waals surface area contributed by atoms with Crippen LogP contribution in [0.2, 0.25) is 0 Å². The van der Waals surface area contributed by atoms with Crippen LogP contribution in [0.3, 0.4) is 0 Å². The van der Waals surface area contributed by atoms with E-state index in [2.05, 4.69) is 21.9 Å². The summed E-state index contributed by atoms with van der Waals surface area (Å²) in [6.45, 7) is 6.03. The lowest BCUT2D eigenvalue weighted by atomic mass is 9.99. The lowest BCUT2D eigenvalue weighted by molar-refractivity contribution is 0.295. The molecule has 1 saturated heterocycles. The van der Waals surface area contributed by atoms with Crippen molar-refractivity contribution in [2.75, 3.05) is 13.1 Å². The molecule has 0 bridgehead atoms. The van der Waals surface area contributed by atoms with Gasteiger partial charge in [-0.2, -0.15) is 5.10 Å². The van der Waals surface area contributed by atoms with E-state index in [0.717, 1.165) is 37.9 Å². The predicted molar refractivity (Wildman–Crippen MR) is 65.2 cm³/mol. The summed E-state index contributed by atoms with van der Waals surface area (Å²) in [6.07, 6.45) is 4.42. The minimum Gasteiger partial charge on any atom is -0.326 e. The highest BCUT2D eigenvalue weighted by molar-refractivity contribution is 4.97. The standard InChI is InChI=1S/C12H21N5/c1-2-17-12(14-8-15-17)7-16-5-10(9-3-4-9)11(13)6-16/h8-11H,2-7,13H2,1H3/t10-,11+/m1/s1. The van der Waals surface area contributed by atoms with Gasteiger partial charge in [0, 0.05) is 25.7 Å². The van der Waals surface area contributed by atoms with Gasteiger partial charge in [0.2, 0.25) is 0 Å². The summed E-state index contributed by atoms with van der Waals surface area (Å²) in [5.74, 6) is 2.68. The molecule has 5 heteroatoms. The number of rotatable bonds is 4. The van der Waals surface area contributed by atoms with Crippen molar-refractivity contribution in [3.8, 4) is 0 Å². The van der Waals surface area contributed by atoms with Crippen LogP contribution in [0.1, 0.15) is 25.6 Å². The van der Waals surface area contributed by atoms with Gasteiger partial charge < -0.3 is 5.73 Å². The maximum atomic E-state index is 6.23. The van der Waals surface area contributed by atoms with Crippen molar-refractivity contribution in [1.29, 1.82) is 0 Å². The summed E-state index contributed by atoms with van der Waals surface area (Å²) in [7, 11) is 0. The molecule has 2 N–H and O–H groups in total. The molecule has 0 unspecified atom stereocenters. The molecule has 3 rings (SSSR count). The van der Waals surface area contributed by atoms with Gasteiger partial charge in [0.25, 0.3) is 0 Å². The van der Waals surface area contributed by atoms with E-state index in [1.165, 1.54) is 12.8 Å². The van der Waals surface area contributed by atoms with Crippen molar-refractivity contribution in [3.63, 3.8) is 0 Å². The molecule has 5 nitrogen and oxygen atoms in total. The van der Waals surface area contributed by atoms with Crippen LogP contribution in [0.25, 0.3) is 0 Å². The van der Waals surface area contributed by atoms with E-state index in [1.54, 1.807) is 6.33 Å². The first-order valence-corrected chi connectivity index (χ1v) is 6.62. The molecule has 0 spiro atoms. The van der Waals surface area contributed by atoms with Crippen LogP contribution >= 0.6 is 0 Å². The van der Waals surface area contributed by atoms with Crippen LogP contribution in [-0.2, 0) is 13.1 Å². The Labute approximate surface area is 102 Å². The van der Waals surface area contributed by atoms with Crippen LogP contribution in [-0.4, -0.2) is 38.8 Å². The Bertz CT molecular complexity index is 384. The number of hydrogen-bond donors (Lipinski definition) is 1. The molecule has 94 valence electrons. The summed E-state index contributed by atoms with van der Waals surface area (Å²) in [5.41, 5.74) is 6.23. The van der Waals surface area contributed by atoms with Gasteiger partial charge in [0.05, 0.1) is 6.54 Å². The van der Waals surface area contributed by atoms with Gasteiger partial charge in [0.15, 0.2) is 0 Å². The second-order valence-electron chi connectivity index (χ2n) is 5.35. The van der Waals surface area contributed by atoms with Crippen molar-refractivity contribution in [2.24, 2.45) is 17.6 Å². The molecule has 1 aliphatic carbocycles. The van der Waals surface area contributed by atoms with Crippen LogP contribution in [0.5, 0.6) is 0 Å². The van der Waals surface area contributed by atoms with E-state index in [-0.39, 0.29) is 0 Å². The SMILES string of the molecule is CCn1ncnc1CN1C[C@H](C2CC2)[C@@H](N)C1. The molecule has 0 aromatic carbocycles. The molecule has 0 amide bonds. The van der Waals surface area contributed by atoms with Gasteiger partial charge in [-0.15, -0.1) is 0 Å². The fraction of sp³-hybridized carbons (Fsp3) is 0.833. The van der Waals surface area contributed by atoms with Gasteiger partial charge in [-0.25, -0.2) is 9.67 Å². The third-order valence-corrected chi connectivity index (χ3v) is 4.08. The van der Waals surface area contributed by atoms with Crippen molar-refractivity contribution < 1.29 is 0 Å². The normalized spacial score (nSPS) is 30.0. The van der Waals surface area contributed by atoms with Crippen molar-refractivity contribution in [3.05, 3.63) is 12.2 Å². The fourth-order valence-electron chi connectivity index (χ4n) is 2.97. The number of nitrogens with zero attached hydrogens (tertiary/aromatic N) is 4. The average Bonchev–Trinajstić information content (AvgIpc) is 2.96. The zero-order valence-corrected chi connectivity index (χ0v) is 10.4. The van der Waals surface area contributed by atoms with Crippen LogP contribution in [0.15, 0.2) is 6.33 Å². The van der Waals surface area contributed by atoms with Gasteiger partial charge in [-0.05, 0) is 31.6 Å². The number of aryl methyl sites for hydroxylation is 1. The van der Waals surface area contributed by atoms with E-state index in [9.17, 15) is 0 Å². The predicted octanol–water partition coefficient (Wildman–Crippen LogP) is 0.467. The minimum absolute atomic E-state index is 0.362. The molecule has 2 heterocycles. The first kappa shape index (κ1) is 11.2. The van der Waals surface area contributed by atoms with Crippen molar-refractivity contribution >= 4 is 0 Å². The summed E-state index contributed by atoms with van der Waals surface area (Å²) in [5, 5.41) is 4.21. The summed E-state index contributed by atoms with van der Waals surface area (Å²) in [6, 6.07) is 0.362. The Balaban J connectivity index is 1.63. The Hall–Kier alpha value is -0.940. The maximum absolute atomic E-state index is 6.23. The Kier molecular flexibility index (Phi) is 2.88. The van der Waals surface area contributed by atoms with E-state index in [0.29, 0.717) is 12.0 Å². The van der Waals surface area contributed by atoms with Crippen LogP contribution < -0.4 is 5.73 Å². The number of nitrogens with two attached hydrogens (primary N) is 1. The second-order valence-corrected chi connectivity index (χ2v) is 5.35. The largest absolute Gasteiger partial charge is 0.326 e. The van der Waals surface area contributed by atoms with E-state index >= 15 is 0 Å². The Morgan fingerprint density at radius 1 is 1.41 bits per heavy atom. The molecule has 1 saturated carbocycles. The molecule has 17 heavy (non-hydrogen) atoms. The number of likely N-dealkylation sites (tertiary alicyclic amines) is 1.